The minimum absolute atomic E-state index is 0.0759. The molecule has 0 saturated carbocycles. The molecule has 1 unspecified atom stereocenters. The molecule has 1 atom stereocenters. The Balaban J connectivity index is 3.14. The first-order valence-corrected chi connectivity index (χ1v) is 2.52. The van der Waals surface area contributed by atoms with Crippen molar-refractivity contribution in [3.63, 3.8) is 0 Å². The highest BCUT2D eigenvalue weighted by Crippen LogP contribution is 1.78. The van der Waals surface area contributed by atoms with Crippen molar-refractivity contribution in [1.82, 2.24) is 5.32 Å². The van der Waals surface area contributed by atoms with Crippen LogP contribution >= 0.6 is 0 Å². The summed E-state index contributed by atoms with van der Waals surface area (Å²) >= 11 is 0. The Labute approximate surface area is 50.0 Å². The summed E-state index contributed by atoms with van der Waals surface area (Å²) < 4.78 is 0. The Morgan fingerprint density at radius 2 is 2.62 bits per heavy atom. The topological polar surface area (TPSA) is 16.4 Å². The molecule has 44 valence electrons. The van der Waals surface area contributed by atoms with Gasteiger partial charge in [0.25, 0.3) is 6.17 Å². The molecule has 0 heterocycles. The van der Waals surface area contributed by atoms with E-state index in [0.29, 0.717) is 6.54 Å². The summed E-state index contributed by atoms with van der Waals surface area (Å²) in [5, 5.41) is 2.91. The van der Waals surface area contributed by atoms with Gasteiger partial charge in [-0.15, -0.1) is 6.58 Å². The first kappa shape index (κ1) is 7.19. The molecule has 0 saturated heterocycles. The van der Waals surface area contributed by atoms with Crippen LogP contribution in [0.2, 0.25) is 0 Å². The Hall–Kier alpha value is -0.810. The molecule has 0 aromatic carbocycles. The zero-order chi connectivity index (χ0) is 6.41. The normalized spacial score (nSPS) is 12.0. The van der Waals surface area contributed by atoms with Crippen LogP contribution in [-0.2, 0) is 0 Å². The number of hydrogen-bond acceptors (Lipinski definition) is 1. The summed E-state index contributed by atoms with van der Waals surface area (Å²) in [5.74, 6) is 0. The Morgan fingerprint density at radius 3 is 3.00 bits per heavy atom. The van der Waals surface area contributed by atoms with Gasteiger partial charge in [-0.1, -0.05) is 6.08 Å². The predicted octanol–water partition coefficient (Wildman–Crippen LogP) is 1.03. The van der Waals surface area contributed by atoms with Crippen molar-refractivity contribution in [3.05, 3.63) is 24.1 Å². The van der Waals surface area contributed by atoms with Crippen molar-refractivity contribution < 1.29 is 0 Å². The number of hydrogen-bond donors (Lipinski definition) is 1. The van der Waals surface area contributed by atoms with Gasteiger partial charge in [0.05, 0.1) is 0 Å². The first-order chi connectivity index (χ1) is 3.81. The van der Waals surface area contributed by atoms with E-state index in [2.05, 4.69) is 16.7 Å². The second-order valence-corrected chi connectivity index (χ2v) is 1.50. The van der Waals surface area contributed by atoms with Gasteiger partial charge >= 0.3 is 0 Å². The highest BCUT2D eigenvalue weighted by atomic mass is 15.0. The molecule has 1 N–H and O–H groups in total. The molecular weight excluding hydrogens is 100 g/mol. The molecule has 0 aliphatic carbocycles. The predicted molar refractivity (Wildman–Crippen MR) is 34.3 cm³/mol. The van der Waals surface area contributed by atoms with Crippen LogP contribution in [0.4, 0.5) is 0 Å². The van der Waals surface area contributed by atoms with Gasteiger partial charge in [0.2, 0.25) is 0 Å². The van der Waals surface area contributed by atoms with Gasteiger partial charge in [-0.3, -0.25) is 4.85 Å². The molecule has 0 radical (unpaired) electrons. The van der Waals surface area contributed by atoms with Crippen molar-refractivity contribution >= 4 is 0 Å². The van der Waals surface area contributed by atoms with E-state index in [0.717, 1.165) is 0 Å². The van der Waals surface area contributed by atoms with Gasteiger partial charge in [-0.2, -0.15) is 0 Å². The first-order valence-electron chi connectivity index (χ1n) is 2.52. The molecule has 0 aliphatic heterocycles. The van der Waals surface area contributed by atoms with Crippen molar-refractivity contribution in [2.75, 3.05) is 6.54 Å². The van der Waals surface area contributed by atoms with Gasteiger partial charge in [0.1, 0.15) is 0 Å². The molecule has 2 nitrogen and oxygen atoms in total. The van der Waals surface area contributed by atoms with E-state index >= 15 is 0 Å². The molecule has 2 heteroatoms. The second kappa shape index (κ2) is 4.35. The van der Waals surface area contributed by atoms with Crippen molar-refractivity contribution in [3.8, 4) is 0 Å². The van der Waals surface area contributed by atoms with Crippen LogP contribution in [0.1, 0.15) is 6.92 Å². The van der Waals surface area contributed by atoms with E-state index in [1.165, 1.54) is 0 Å². The lowest BCUT2D eigenvalue weighted by molar-refractivity contribution is 0.682. The van der Waals surface area contributed by atoms with Crippen LogP contribution in [0.25, 0.3) is 4.85 Å². The van der Waals surface area contributed by atoms with E-state index in [4.69, 9.17) is 6.57 Å². The SMILES string of the molecule is [C-]#[N+]C(C)NCC=C. The van der Waals surface area contributed by atoms with Crippen LogP contribution < -0.4 is 5.32 Å². The third-order valence-corrected chi connectivity index (χ3v) is 0.751. The Bertz CT molecular complexity index is 102. The molecule has 0 spiro atoms. The van der Waals surface area contributed by atoms with Crippen LogP contribution in [0, 0.1) is 6.57 Å². The maximum Gasteiger partial charge on any atom is 0.274 e. The van der Waals surface area contributed by atoms with E-state index < -0.39 is 0 Å². The molecule has 8 heavy (non-hydrogen) atoms. The lowest BCUT2D eigenvalue weighted by Crippen LogP contribution is -2.21. The Kier molecular flexibility index (Phi) is 3.91. The summed E-state index contributed by atoms with van der Waals surface area (Å²) in [6.45, 7) is 12.5. The fourth-order valence-electron chi connectivity index (χ4n) is 0.300. The maximum absolute atomic E-state index is 6.52. The average molecular weight is 110 g/mol. The minimum Gasteiger partial charge on any atom is -0.297 e. The van der Waals surface area contributed by atoms with Gasteiger partial charge in [0, 0.05) is 13.5 Å². The van der Waals surface area contributed by atoms with Gasteiger partial charge < -0.3 is 0 Å². The van der Waals surface area contributed by atoms with E-state index in [9.17, 15) is 0 Å². The third kappa shape index (κ3) is 3.38. The lowest BCUT2D eigenvalue weighted by Gasteiger charge is -1.95. The molecule has 0 fully saturated rings. The fourth-order valence-corrected chi connectivity index (χ4v) is 0.300. The van der Waals surface area contributed by atoms with Gasteiger partial charge in [-0.25, -0.2) is 11.9 Å². The van der Waals surface area contributed by atoms with Crippen LogP contribution in [-0.4, -0.2) is 12.7 Å². The average Bonchev–Trinajstić information content (AvgIpc) is 1.83. The van der Waals surface area contributed by atoms with E-state index in [-0.39, 0.29) is 6.17 Å². The van der Waals surface area contributed by atoms with E-state index in [1.54, 1.807) is 6.08 Å². The lowest BCUT2D eigenvalue weighted by atomic mass is 10.5. The van der Waals surface area contributed by atoms with Crippen molar-refractivity contribution in [2.45, 2.75) is 13.1 Å². The minimum atomic E-state index is -0.0759. The maximum atomic E-state index is 6.52. The summed E-state index contributed by atoms with van der Waals surface area (Å²) in [6.07, 6.45) is 1.66. The smallest absolute Gasteiger partial charge is 0.274 e. The van der Waals surface area contributed by atoms with E-state index in [1.807, 2.05) is 6.92 Å². The summed E-state index contributed by atoms with van der Waals surface area (Å²) in [4.78, 5) is 3.22. The quantitative estimate of drug-likeness (QED) is 0.424. The molecule has 0 aliphatic rings. The van der Waals surface area contributed by atoms with Crippen LogP contribution in [0.15, 0.2) is 12.7 Å². The molecular formula is C6H10N2. The molecule has 0 amide bonds. The zero-order valence-electron chi connectivity index (χ0n) is 5.02. The molecule has 0 rings (SSSR count). The number of rotatable bonds is 3. The number of nitrogens with zero attached hydrogens (tertiary/aromatic N) is 1. The highest BCUT2D eigenvalue weighted by Gasteiger charge is 1.95. The third-order valence-electron chi connectivity index (χ3n) is 0.751. The second-order valence-electron chi connectivity index (χ2n) is 1.50. The molecule has 0 aromatic rings. The highest BCUT2D eigenvalue weighted by molar-refractivity contribution is 4.76. The Morgan fingerprint density at radius 1 is 2.00 bits per heavy atom. The number of nitrogens with one attached hydrogen (secondary N) is 1. The molecule has 0 aromatic heterocycles. The van der Waals surface area contributed by atoms with Crippen LogP contribution in [0.5, 0.6) is 0 Å². The van der Waals surface area contributed by atoms with Gasteiger partial charge in [-0.05, 0) is 0 Å². The summed E-state index contributed by atoms with van der Waals surface area (Å²) in [5.41, 5.74) is 0. The summed E-state index contributed by atoms with van der Waals surface area (Å²) in [7, 11) is 0. The largest absolute Gasteiger partial charge is 0.297 e. The fraction of sp³-hybridized carbons (Fsp3) is 0.500. The van der Waals surface area contributed by atoms with Gasteiger partial charge in [0.15, 0.2) is 0 Å². The standard InChI is InChI=1S/C6H10N2/c1-4-5-8-6(2)7-3/h4,6,8H,1,5H2,2H3. The van der Waals surface area contributed by atoms with Crippen LogP contribution in [0.3, 0.4) is 0 Å². The zero-order valence-corrected chi connectivity index (χ0v) is 5.02. The van der Waals surface area contributed by atoms with Crippen molar-refractivity contribution in [1.29, 1.82) is 0 Å². The van der Waals surface area contributed by atoms with Crippen molar-refractivity contribution in [2.24, 2.45) is 0 Å². The molecule has 0 bridgehead atoms. The monoisotopic (exact) mass is 110 g/mol. The summed E-state index contributed by atoms with van der Waals surface area (Å²) in [6, 6.07) is 0.